The van der Waals surface area contributed by atoms with E-state index < -0.39 is 48.8 Å². The van der Waals surface area contributed by atoms with E-state index >= 15 is 0 Å². The van der Waals surface area contributed by atoms with E-state index in [4.69, 9.17) is 0 Å². The number of carbonyl (C=O) groups excluding carboxylic acids is 2. The van der Waals surface area contributed by atoms with Gasteiger partial charge < -0.3 is 10.6 Å². The van der Waals surface area contributed by atoms with E-state index in [-0.39, 0.29) is 43.3 Å². The largest absolute Gasteiger partial charge is 0.389 e. The van der Waals surface area contributed by atoms with Gasteiger partial charge in [-0.05, 0) is 49.7 Å². The Bertz CT molecular complexity index is 1370. The SMILES string of the molecule is Cn1nccc1C(=O)N[C@H](c1cn2ccc([C@@H](NC(=O)CCC(F)(F)F)C3CC3)nc2n1)C1CCC(F)(F)CC1. The minimum absolute atomic E-state index is 0.0639. The van der Waals surface area contributed by atoms with Crippen molar-refractivity contribution < 1.29 is 31.5 Å². The summed E-state index contributed by atoms with van der Waals surface area (Å²) >= 11 is 0. The molecule has 14 heteroatoms. The molecule has 2 fully saturated rings. The molecule has 0 unspecified atom stereocenters. The van der Waals surface area contributed by atoms with Crippen molar-refractivity contribution in [1.82, 2.24) is 34.8 Å². The predicted octanol–water partition coefficient (Wildman–Crippen LogP) is 4.67. The second kappa shape index (κ2) is 10.8. The van der Waals surface area contributed by atoms with Gasteiger partial charge in [-0.1, -0.05) is 0 Å². The normalized spacial score (nSPS) is 19.4. The molecule has 9 nitrogen and oxygen atoms in total. The van der Waals surface area contributed by atoms with E-state index in [1.54, 1.807) is 36.0 Å². The van der Waals surface area contributed by atoms with Crippen molar-refractivity contribution in [3.8, 4) is 0 Å². The second-order valence-electron chi connectivity index (χ2n) is 10.7. The Morgan fingerprint density at radius 2 is 1.68 bits per heavy atom. The third kappa shape index (κ3) is 6.58. The number of alkyl halides is 5. The number of hydrogen-bond acceptors (Lipinski definition) is 5. The maximum Gasteiger partial charge on any atom is 0.389 e. The Kier molecular flexibility index (Phi) is 7.53. The molecule has 3 aromatic rings. The zero-order valence-corrected chi connectivity index (χ0v) is 21.8. The maximum absolute atomic E-state index is 13.9. The predicted molar refractivity (Wildman–Crippen MR) is 132 cm³/mol. The van der Waals surface area contributed by atoms with E-state index in [9.17, 15) is 31.5 Å². The molecule has 0 aliphatic heterocycles. The summed E-state index contributed by atoms with van der Waals surface area (Å²) in [5.41, 5.74) is 1.23. The van der Waals surface area contributed by atoms with Crippen LogP contribution in [-0.4, -0.2) is 48.1 Å². The summed E-state index contributed by atoms with van der Waals surface area (Å²) in [5.74, 6) is -3.81. The zero-order chi connectivity index (χ0) is 28.7. The van der Waals surface area contributed by atoms with Crippen molar-refractivity contribution in [1.29, 1.82) is 0 Å². The standard InChI is InChI=1S/C26H30F5N7O2/c1-37-19(7-12-32-37)23(40)36-22(16-4-9-25(27,28)10-5-16)18-14-38-13-8-17(33-24(38)34-18)21(15-2-3-15)35-20(39)6-11-26(29,30)31/h7-8,12-16,21-22H,2-6,9-11H2,1H3,(H,35,39)(H,36,40)/t21-,22-/m0/s1. The number of nitrogens with one attached hydrogen (secondary N) is 2. The first-order valence-electron chi connectivity index (χ1n) is 13.3. The number of halogens is 5. The van der Waals surface area contributed by atoms with E-state index in [2.05, 4.69) is 25.7 Å². The molecule has 0 saturated heterocycles. The fraction of sp³-hybridized carbons (Fsp3) is 0.577. The Labute approximate surface area is 226 Å². The van der Waals surface area contributed by atoms with Crippen LogP contribution < -0.4 is 10.6 Å². The van der Waals surface area contributed by atoms with Crippen LogP contribution in [0.25, 0.3) is 5.78 Å². The maximum atomic E-state index is 13.9. The number of aromatic nitrogens is 5. The number of amides is 2. The third-order valence-electron chi connectivity index (χ3n) is 7.62. The topological polar surface area (TPSA) is 106 Å². The quantitative estimate of drug-likeness (QED) is 0.366. The lowest BCUT2D eigenvalue weighted by Crippen LogP contribution is -2.38. The Morgan fingerprint density at radius 3 is 2.30 bits per heavy atom. The molecule has 0 bridgehead atoms. The van der Waals surface area contributed by atoms with Gasteiger partial charge in [-0.15, -0.1) is 0 Å². The molecule has 2 atom stereocenters. The molecule has 2 aliphatic carbocycles. The van der Waals surface area contributed by atoms with Crippen molar-refractivity contribution in [2.75, 3.05) is 0 Å². The smallest absolute Gasteiger partial charge is 0.347 e. The summed E-state index contributed by atoms with van der Waals surface area (Å²) < 4.78 is 68.6. The van der Waals surface area contributed by atoms with Gasteiger partial charge in [0.05, 0.1) is 29.9 Å². The molecule has 40 heavy (non-hydrogen) atoms. The highest BCUT2D eigenvalue weighted by molar-refractivity contribution is 5.92. The van der Waals surface area contributed by atoms with Crippen molar-refractivity contribution in [2.24, 2.45) is 18.9 Å². The molecule has 0 aromatic carbocycles. The van der Waals surface area contributed by atoms with Gasteiger partial charge in [-0.2, -0.15) is 18.3 Å². The van der Waals surface area contributed by atoms with E-state index in [1.807, 2.05) is 0 Å². The minimum atomic E-state index is -4.42. The molecule has 2 N–H and O–H groups in total. The van der Waals surface area contributed by atoms with E-state index in [0.717, 1.165) is 12.8 Å². The van der Waals surface area contributed by atoms with Gasteiger partial charge in [-0.3, -0.25) is 18.7 Å². The van der Waals surface area contributed by atoms with Crippen molar-refractivity contribution in [3.63, 3.8) is 0 Å². The Hall–Kier alpha value is -3.58. The fourth-order valence-corrected chi connectivity index (χ4v) is 5.23. The van der Waals surface area contributed by atoms with Gasteiger partial charge in [-0.25, -0.2) is 18.7 Å². The summed E-state index contributed by atoms with van der Waals surface area (Å²) in [4.78, 5) is 34.5. The van der Waals surface area contributed by atoms with Gasteiger partial charge in [0.15, 0.2) is 0 Å². The number of hydrogen-bond donors (Lipinski definition) is 2. The van der Waals surface area contributed by atoms with Gasteiger partial charge in [0.1, 0.15) is 5.69 Å². The number of aryl methyl sites for hydroxylation is 1. The van der Waals surface area contributed by atoms with Gasteiger partial charge >= 0.3 is 6.18 Å². The zero-order valence-electron chi connectivity index (χ0n) is 21.8. The van der Waals surface area contributed by atoms with Gasteiger partial charge in [0, 0.05) is 44.9 Å². The Balaban J connectivity index is 1.39. The molecule has 0 spiro atoms. The first-order valence-corrected chi connectivity index (χ1v) is 13.3. The average molecular weight is 568 g/mol. The van der Waals surface area contributed by atoms with Crippen LogP contribution in [0.1, 0.15) is 85.3 Å². The summed E-state index contributed by atoms with van der Waals surface area (Å²) in [6.07, 6.45) is -0.00491. The number of rotatable bonds is 9. The molecule has 0 radical (unpaired) electrons. The molecule has 5 rings (SSSR count). The van der Waals surface area contributed by atoms with Gasteiger partial charge in [0.2, 0.25) is 17.6 Å². The summed E-state index contributed by atoms with van der Waals surface area (Å²) in [5, 5.41) is 9.66. The van der Waals surface area contributed by atoms with Crippen LogP contribution in [0.2, 0.25) is 0 Å². The highest BCUT2D eigenvalue weighted by atomic mass is 19.4. The number of imidazole rings is 1. The van der Waals surface area contributed by atoms with Crippen LogP contribution in [0.4, 0.5) is 22.0 Å². The van der Waals surface area contributed by atoms with E-state index in [0.29, 0.717) is 17.1 Å². The first-order chi connectivity index (χ1) is 18.9. The number of fused-ring (bicyclic) bond motifs is 1. The van der Waals surface area contributed by atoms with Crippen LogP contribution in [0.15, 0.2) is 30.7 Å². The van der Waals surface area contributed by atoms with Crippen LogP contribution in [-0.2, 0) is 11.8 Å². The number of carbonyl (C=O) groups is 2. The van der Waals surface area contributed by atoms with Crippen LogP contribution in [0.3, 0.4) is 0 Å². The molecular weight excluding hydrogens is 537 g/mol. The average Bonchev–Trinajstić information content (AvgIpc) is 3.49. The van der Waals surface area contributed by atoms with E-state index in [1.165, 1.54) is 10.9 Å². The third-order valence-corrected chi connectivity index (χ3v) is 7.62. The van der Waals surface area contributed by atoms with Crippen molar-refractivity contribution in [2.45, 2.75) is 75.5 Å². The van der Waals surface area contributed by atoms with Crippen molar-refractivity contribution >= 4 is 17.6 Å². The Morgan fingerprint density at radius 1 is 1.02 bits per heavy atom. The lowest BCUT2D eigenvalue weighted by Gasteiger charge is -2.33. The molecular formula is C26H30F5N7O2. The van der Waals surface area contributed by atoms with Crippen molar-refractivity contribution in [3.05, 3.63) is 47.8 Å². The fourth-order valence-electron chi connectivity index (χ4n) is 5.23. The van der Waals surface area contributed by atoms with Crippen LogP contribution >= 0.6 is 0 Å². The summed E-state index contributed by atoms with van der Waals surface area (Å²) in [7, 11) is 1.62. The summed E-state index contributed by atoms with van der Waals surface area (Å²) in [6.45, 7) is 0. The molecule has 2 amide bonds. The second-order valence-corrected chi connectivity index (χ2v) is 10.7. The minimum Gasteiger partial charge on any atom is -0.347 e. The highest BCUT2D eigenvalue weighted by Crippen LogP contribution is 2.42. The molecule has 216 valence electrons. The summed E-state index contributed by atoms with van der Waals surface area (Å²) in [6, 6.07) is 2.02. The first kappa shape index (κ1) is 28.0. The van der Waals surface area contributed by atoms with Gasteiger partial charge in [0.25, 0.3) is 5.91 Å². The molecule has 3 aromatic heterocycles. The van der Waals surface area contributed by atoms with Crippen LogP contribution in [0.5, 0.6) is 0 Å². The monoisotopic (exact) mass is 567 g/mol. The number of nitrogens with zero attached hydrogens (tertiary/aromatic N) is 5. The highest BCUT2D eigenvalue weighted by Gasteiger charge is 2.40. The molecule has 2 aliphatic rings. The molecule has 2 saturated carbocycles. The lowest BCUT2D eigenvalue weighted by molar-refractivity contribution is -0.144. The van der Waals surface area contributed by atoms with Crippen LogP contribution in [0, 0.1) is 11.8 Å². The lowest BCUT2D eigenvalue weighted by atomic mass is 9.81. The molecule has 3 heterocycles.